The Labute approximate surface area is 257 Å². The Bertz CT molecular complexity index is 1480. The molecule has 0 atom stereocenters. The van der Waals surface area contributed by atoms with Gasteiger partial charge in [-0.3, -0.25) is 4.98 Å². The van der Waals surface area contributed by atoms with Crippen LogP contribution in [0.4, 0.5) is 0 Å². The molecular formula is C33H39ClN4O5. The van der Waals surface area contributed by atoms with Crippen LogP contribution in [0.1, 0.15) is 33.6 Å². The second-order valence-electron chi connectivity index (χ2n) is 9.98. The average molecular weight is 607 g/mol. The number of aromatic nitrogens is 2. The number of aliphatic hydroxyl groups excluding tert-OH is 2. The second kappa shape index (κ2) is 16.2. The van der Waals surface area contributed by atoms with Gasteiger partial charge in [-0.2, -0.15) is 0 Å². The summed E-state index contributed by atoms with van der Waals surface area (Å²) in [5.74, 6) is 1.98. The molecule has 4 rings (SSSR count). The highest BCUT2D eigenvalue weighted by molar-refractivity contribution is 6.31. The number of rotatable bonds is 16. The molecule has 0 saturated heterocycles. The Hall–Kier alpha value is -3.73. The van der Waals surface area contributed by atoms with Crippen LogP contribution in [0.5, 0.6) is 17.4 Å². The quantitative estimate of drug-likeness (QED) is 0.134. The lowest BCUT2D eigenvalue weighted by molar-refractivity contribution is 0.290. The highest BCUT2D eigenvalue weighted by atomic mass is 35.5. The van der Waals surface area contributed by atoms with Crippen LogP contribution in [0.25, 0.3) is 11.1 Å². The maximum atomic E-state index is 9.02. The van der Waals surface area contributed by atoms with Crippen molar-refractivity contribution in [2.45, 2.75) is 40.2 Å². The van der Waals surface area contributed by atoms with Crippen LogP contribution in [0.2, 0.25) is 5.02 Å². The summed E-state index contributed by atoms with van der Waals surface area (Å²) < 4.78 is 17.9. The number of nitrogens with zero attached hydrogens (tertiary/aromatic N) is 2. The SMILES string of the molecule is COc1nc(COc2cccc(-c3cccc(OCc4ccc(CNCCO)cn4)c3C)c2C)c(Cl)cc1CNCCO. The first-order chi connectivity index (χ1) is 20.9. The van der Waals surface area contributed by atoms with Crippen LogP contribution >= 0.6 is 11.6 Å². The molecule has 0 spiro atoms. The number of methoxy groups -OCH3 is 1. The van der Waals surface area contributed by atoms with Crippen LogP contribution in [-0.4, -0.2) is 53.6 Å². The minimum atomic E-state index is 0.0442. The summed E-state index contributed by atoms with van der Waals surface area (Å²) in [6.07, 6.45) is 1.82. The normalized spacial score (nSPS) is 11.0. The van der Waals surface area contributed by atoms with Crippen LogP contribution in [0, 0.1) is 13.8 Å². The van der Waals surface area contributed by atoms with Gasteiger partial charge in [-0.15, -0.1) is 0 Å². The van der Waals surface area contributed by atoms with Crippen molar-refractivity contribution in [2.24, 2.45) is 0 Å². The number of hydrogen-bond donors (Lipinski definition) is 4. The fourth-order valence-electron chi connectivity index (χ4n) is 4.63. The maximum Gasteiger partial charge on any atom is 0.218 e. The molecule has 0 aliphatic carbocycles. The zero-order valence-electron chi connectivity index (χ0n) is 24.8. The van der Waals surface area contributed by atoms with Gasteiger partial charge in [0.15, 0.2) is 0 Å². The molecule has 4 aromatic rings. The number of halogens is 1. The molecule has 2 aromatic carbocycles. The summed E-state index contributed by atoms with van der Waals surface area (Å²) in [6, 6.07) is 17.8. The van der Waals surface area contributed by atoms with Gasteiger partial charge >= 0.3 is 0 Å². The fourth-order valence-corrected chi connectivity index (χ4v) is 4.86. The van der Waals surface area contributed by atoms with Crippen molar-refractivity contribution >= 4 is 11.6 Å². The Morgan fingerprint density at radius 2 is 1.44 bits per heavy atom. The average Bonchev–Trinajstić information content (AvgIpc) is 3.02. The first kappa shape index (κ1) is 32.2. The highest BCUT2D eigenvalue weighted by Gasteiger charge is 2.15. The summed E-state index contributed by atoms with van der Waals surface area (Å²) in [4.78, 5) is 9.09. The largest absolute Gasteiger partial charge is 0.487 e. The van der Waals surface area contributed by atoms with Gasteiger partial charge in [0.2, 0.25) is 5.88 Å². The highest BCUT2D eigenvalue weighted by Crippen LogP contribution is 2.36. The van der Waals surface area contributed by atoms with E-state index in [-0.39, 0.29) is 19.8 Å². The summed E-state index contributed by atoms with van der Waals surface area (Å²) in [5, 5.41) is 24.7. The van der Waals surface area contributed by atoms with Crippen molar-refractivity contribution in [2.75, 3.05) is 33.4 Å². The van der Waals surface area contributed by atoms with Crippen LogP contribution < -0.4 is 24.8 Å². The van der Waals surface area contributed by atoms with Crippen LogP contribution in [0.3, 0.4) is 0 Å². The Morgan fingerprint density at radius 1 is 0.814 bits per heavy atom. The zero-order valence-corrected chi connectivity index (χ0v) is 25.6. The lowest BCUT2D eigenvalue weighted by atomic mass is 9.95. The summed E-state index contributed by atoms with van der Waals surface area (Å²) >= 11 is 6.55. The van der Waals surface area contributed by atoms with E-state index in [1.54, 1.807) is 7.11 Å². The van der Waals surface area contributed by atoms with Gasteiger partial charge in [-0.05, 0) is 65.9 Å². The maximum absolute atomic E-state index is 9.02. The minimum absolute atomic E-state index is 0.0442. The molecule has 43 heavy (non-hydrogen) atoms. The molecule has 4 N–H and O–H groups in total. The molecule has 9 nitrogen and oxygen atoms in total. The van der Waals surface area contributed by atoms with E-state index in [1.807, 2.05) is 62.5 Å². The number of benzene rings is 2. The number of ether oxygens (including phenoxy) is 3. The van der Waals surface area contributed by atoms with E-state index in [2.05, 4.69) is 32.7 Å². The van der Waals surface area contributed by atoms with Gasteiger partial charge in [-0.1, -0.05) is 41.9 Å². The summed E-state index contributed by atoms with van der Waals surface area (Å²) in [7, 11) is 1.57. The van der Waals surface area contributed by atoms with Crippen LogP contribution in [-0.2, 0) is 26.3 Å². The Kier molecular flexibility index (Phi) is 12.1. The number of hydrogen-bond acceptors (Lipinski definition) is 9. The molecule has 0 bridgehead atoms. The number of nitrogens with one attached hydrogen (secondary N) is 2. The lowest BCUT2D eigenvalue weighted by Crippen LogP contribution is -2.18. The third kappa shape index (κ3) is 8.65. The molecule has 0 aliphatic heterocycles. The van der Waals surface area contributed by atoms with Gasteiger partial charge in [0.05, 0.1) is 31.0 Å². The Morgan fingerprint density at radius 3 is 2.02 bits per heavy atom. The van der Waals surface area contributed by atoms with Crippen molar-refractivity contribution in [3.63, 3.8) is 0 Å². The topological polar surface area (TPSA) is 118 Å². The van der Waals surface area contributed by atoms with E-state index in [0.717, 1.165) is 50.6 Å². The van der Waals surface area contributed by atoms with Crippen molar-refractivity contribution in [3.05, 3.63) is 99.5 Å². The molecule has 0 radical (unpaired) electrons. The van der Waals surface area contributed by atoms with Gasteiger partial charge in [0.25, 0.3) is 0 Å². The molecule has 228 valence electrons. The molecule has 0 saturated carbocycles. The number of aliphatic hydroxyl groups is 2. The predicted molar refractivity (Wildman–Crippen MR) is 168 cm³/mol. The van der Waals surface area contributed by atoms with E-state index in [4.69, 9.17) is 36.0 Å². The van der Waals surface area contributed by atoms with E-state index in [9.17, 15) is 0 Å². The zero-order chi connectivity index (χ0) is 30.6. The molecule has 0 amide bonds. The monoisotopic (exact) mass is 606 g/mol. The third-order valence-electron chi connectivity index (χ3n) is 6.99. The molecule has 0 aliphatic rings. The van der Waals surface area contributed by atoms with E-state index in [0.29, 0.717) is 49.4 Å². The van der Waals surface area contributed by atoms with Gasteiger partial charge in [0, 0.05) is 37.9 Å². The molecular weight excluding hydrogens is 568 g/mol. The fraction of sp³-hybridized carbons (Fsp3) is 0.333. The first-order valence-corrected chi connectivity index (χ1v) is 14.6. The minimum Gasteiger partial charge on any atom is -0.487 e. The second-order valence-corrected chi connectivity index (χ2v) is 10.4. The standard InChI is InChI=1S/C33H39ClN4O5/c1-22-27(6-4-8-31(22)42-20-26-11-10-24(18-37-26)17-35-12-14-39)28-7-5-9-32(23(28)2)43-21-30-29(34)16-25(19-36-13-15-40)33(38-30)41-3/h4-11,16,18,35-36,39-40H,12-15,17,19-21H2,1-3H3. The third-order valence-corrected chi connectivity index (χ3v) is 7.31. The lowest BCUT2D eigenvalue weighted by Gasteiger charge is -2.17. The number of pyridine rings is 2. The van der Waals surface area contributed by atoms with Gasteiger partial charge < -0.3 is 35.1 Å². The molecule has 2 aromatic heterocycles. The predicted octanol–water partition coefficient (Wildman–Crippen LogP) is 4.74. The molecule has 2 heterocycles. The molecule has 0 unspecified atom stereocenters. The van der Waals surface area contributed by atoms with Crippen molar-refractivity contribution in [1.29, 1.82) is 0 Å². The smallest absolute Gasteiger partial charge is 0.218 e. The Balaban J connectivity index is 1.45. The van der Waals surface area contributed by atoms with Crippen molar-refractivity contribution in [3.8, 4) is 28.5 Å². The molecule has 10 heteroatoms. The van der Waals surface area contributed by atoms with E-state index < -0.39 is 0 Å². The van der Waals surface area contributed by atoms with Crippen molar-refractivity contribution in [1.82, 2.24) is 20.6 Å². The molecule has 0 fully saturated rings. The van der Waals surface area contributed by atoms with E-state index >= 15 is 0 Å². The van der Waals surface area contributed by atoms with Crippen molar-refractivity contribution < 1.29 is 24.4 Å². The van der Waals surface area contributed by atoms with Gasteiger partial charge in [-0.25, -0.2) is 4.98 Å². The van der Waals surface area contributed by atoms with Crippen LogP contribution in [0.15, 0.2) is 60.8 Å². The summed E-state index contributed by atoms with van der Waals surface area (Å²) in [5.41, 5.74) is 7.37. The summed E-state index contributed by atoms with van der Waals surface area (Å²) in [6.45, 7) is 6.91. The van der Waals surface area contributed by atoms with Gasteiger partial charge in [0.1, 0.15) is 30.4 Å². The van der Waals surface area contributed by atoms with E-state index in [1.165, 1.54) is 0 Å². The first-order valence-electron chi connectivity index (χ1n) is 14.2.